The molecule has 4 aromatic heterocycles. The molecule has 68 heavy (non-hydrogen) atoms. The summed E-state index contributed by atoms with van der Waals surface area (Å²) in [6.07, 6.45) is 7.95. The van der Waals surface area contributed by atoms with Gasteiger partial charge in [0.05, 0.1) is 11.3 Å². The van der Waals surface area contributed by atoms with E-state index in [1.54, 1.807) is 0 Å². The quantitative estimate of drug-likeness (QED) is 0.123. The minimum absolute atomic E-state index is 0. The third-order valence-electron chi connectivity index (χ3n) is 14.2. The second kappa shape index (κ2) is 16.5. The number of ether oxygens (including phenoxy) is 1. The Bertz CT molecular complexity index is 3720. The van der Waals surface area contributed by atoms with Gasteiger partial charge in [-0.1, -0.05) is 143 Å². The Balaban J connectivity index is 0.00000507. The van der Waals surface area contributed by atoms with Crippen LogP contribution < -0.4 is 4.74 Å². The van der Waals surface area contributed by atoms with Crippen molar-refractivity contribution in [2.24, 2.45) is 0 Å². The number of pyridine rings is 2. The van der Waals surface area contributed by atoms with Crippen LogP contribution in [0.1, 0.15) is 44.5 Å². The van der Waals surface area contributed by atoms with E-state index in [4.69, 9.17) is 14.7 Å². The zero-order valence-corrected chi connectivity index (χ0v) is 41.6. The molecule has 0 amide bonds. The van der Waals surface area contributed by atoms with Crippen LogP contribution in [0.4, 0.5) is 0 Å². The first kappa shape index (κ1) is 43.3. The molecule has 0 unspecified atom stereocenters. The fourth-order valence-corrected chi connectivity index (χ4v) is 11.3. The summed E-state index contributed by atoms with van der Waals surface area (Å²) in [6, 6.07) is 51.4. The molecule has 12 rings (SSSR count). The molecule has 0 N–H and O–H groups in total. The second-order valence-electron chi connectivity index (χ2n) is 18.4. The van der Waals surface area contributed by atoms with Gasteiger partial charge in [0.2, 0.25) is 0 Å². The molecule has 0 saturated heterocycles. The van der Waals surface area contributed by atoms with Crippen molar-refractivity contribution in [1.29, 1.82) is 0 Å². The summed E-state index contributed by atoms with van der Waals surface area (Å²) in [6.45, 7) is 17.6. The molecule has 0 aliphatic rings. The topological polar surface area (TPSA) is 43.8 Å². The molecule has 4 heterocycles. The van der Waals surface area contributed by atoms with Crippen molar-refractivity contribution >= 4 is 54.6 Å². The van der Waals surface area contributed by atoms with Gasteiger partial charge in [0.1, 0.15) is 0 Å². The number of aromatic nitrogens is 4. The van der Waals surface area contributed by atoms with E-state index in [0.717, 1.165) is 54.6 Å². The van der Waals surface area contributed by atoms with E-state index < -0.39 is 0 Å². The predicted molar refractivity (Wildman–Crippen MR) is 278 cm³/mol. The Morgan fingerprint density at radius 1 is 0.382 bits per heavy atom. The molecule has 0 aliphatic carbocycles. The monoisotopic (exact) mass is 1060 g/mol. The van der Waals surface area contributed by atoms with Crippen LogP contribution in [-0.2, 0) is 21.1 Å². The fraction of sp³-hybridized carbons (Fsp3) is 0.129. The molecule has 0 saturated carbocycles. The first-order chi connectivity index (χ1) is 32.6. The van der Waals surface area contributed by atoms with E-state index in [9.17, 15) is 0 Å². The third-order valence-corrected chi connectivity index (χ3v) is 14.2. The molecule has 0 radical (unpaired) electrons. The molecular weight excluding hydrogens is 1010 g/mol. The first-order valence-corrected chi connectivity index (χ1v) is 23.1. The van der Waals surface area contributed by atoms with E-state index in [1.165, 1.54) is 89.0 Å². The summed E-state index contributed by atoms with van der Waals surface area (Å²) < 4.78 is 11.3. The van der Waals surface area contributed by atoms with Crippen molar-refractivity contribution in [2.45, 2.75) is 55.4 Å². The van der Waals surface area contributed by atoms with Crippen LogP contribution in [0.15, 0.2) is 146 Å². The molecule has 0 fully saturated rings. The van der Waals surface area contributed by atoms with E-state index in [0.29, 0.717) is 11.5 Å². The Kier molecular flexibility index (Phi) is 10.5. The van der Waals surface area contributed by atoms with E-state index in [1.807, 2.05) is 24.5 Å². The molecule has 332 valence electrons. The molecule has 5 nitrogen and oxygen atoms in total. The van der Waals surface area contributed by atoms with Crippen LogP contribution in [0, 0.1) is 67.5 Å². The van der Waals surface area contributed by atoms with Gasteiger partial charge in [0, 0.05) is 58.4 Å². The van der Waals surface area contributed by atoms with Gasteiger partial charge in [0.25, 0.3) is 0 Å². The smallest absolute Gasteiger partial charge is 0.497 e. The SMILES string of the molecule is Cc1cccc(C)c1-c1ccc(-c2c(C)cccc2C)c2c1c1ccc(Oc3[c-]c4c(cc3)c3c(-c5c(C)cccc5C)ccc(-c5c(C)cccc5C)c3n3ccnc43)[c-]c1c1nccn12.[Pt+2]. The van der Waals surface area contributed by atoms with Crippen LogP contribution in [0.3, 0.4) is 0 Å². The molecular formula is C62H48N4OPt. The summed E-state index contributed by atoms with van der Waals surface area (Å²) in [7, 11) is 0. The second-order valence-corrected chi connectivity index (χ2v) is 18.4. The number of benzene rings is 8. The number of hydrogen-bond donors (Lipinski definition) is 0. The van der Waals surface area contributed by atoms with Crippen LogP contribution in [0.25, 0.3) is 99.2 Å². The Morgan fingerprint density at radius 2 is 0.691 bits per heavy atom. The predicted octanol–water partition coefficient (Wildman–Crippen LogP) is 16.1. The maximum absolute atomic E-state index is 6.84. The molecule has 0 bridgehead atoms. The molecule has 6 heteroatoms. The summed E-state index contributed by atoms with van der Waals surface area (Å²) >= 11 is 0. The Labute approximate surface area is 411 Å². The van der Waals surface area contributed by atoms with Crippen LogP contribution >= 0.6 is 0 Å². The van der Waals surface area contributed by atoms with Crippen LogP contribution in [-0.4, -0.2) is 18.8 Å². The van der Waals surface area contributed by atoms with E-state index in [-0.39, 0.29) is 21.1 Å². The number of rotatable bonds is 6. The van der Waals surface area contributed by atoms with Gasteiger partial charge in [-0.2, -0.15) is 0 Å². The Morgan fingerprint density at radius 3 is 1.03 bits per heavy atom. The van der Waals surface area contributed by atoms with E-state index in [2.05, 4.69) is 198 Å². The molecule has 8 aromatic carbocycles. The number of imidazole rings is 2. The van der Waals surface area contributed by atoms with Gasteiger partial charge in [-0.15, -0.1) is 12.1 Å². The summed E-state index contributed by atoms with van der Waals surface area (Å²) in [4.78, 5) is 10.0. The Hall–Kier alpha value is -7.33. The summed E-state index contributed by atoms with van der Waals surface area (Å²) in [5, 5.41) is 6.23. The third kappa shape index (κ3) is 6.54. The van der Waals surface area contributed by atoms with Gasteiger partial charge in [-0.05, 0) is 144 Å². The van der Waals surface area contributed by atoms with Crippen molar-refractivity contribution < 1.29 is 25.8 Å². The minimum Gasteiger partial charge on any atom is -0.497 e. The maximum Gasteiger partial charge on any atom is 2.00 e. The molecule has 0 aliphatic heterocycles. The van der Waals surface area contributed by atoms with E-state index >= 15 is 0 Å². The summed E-state index contributed by atoms with van der Waals surface area (Å²) in [5.41, 5.74) is 23.5. The average molecular weight is 1060 g/mol. The fourth-order valence-electron chi connectivity index (χ4n) is 11.3. The number of fused-ring (bicyclic) bond motifs is 12. The standard InChI is InChI=1S/C62H48N4O.Pt/c1-35-13-9-14-36(2)53(35)47-25-27-49(55-39(5)17-11-18-40(55)6)59-57(47)45-23-21-43(33-51(45)61-63-29-31-65(59)61)67-44-22-24-46-52(34-44)62-64-30-32-66(62)60-50(56-41(7)19-12-20-42(56)8)28-26-48(58(46)60)54-37(3)15-10-16-38(54)4;/h9-32H,1-8H3;/q-2;+2. The average Bonchev–Trinajstić information content (AvgIpc) is 4.01. The van der Waals surface area contributed by atoms with Crippen LogP contribution in [0.5, 0.6) is 11.5 Å². The number of nitrogens with zero attached hydrogens (tertiary/aromatic N) is 4. The minimum atomic E-state index is 0. The molecule has 0 spiro atoms. The van der Waals surface area contributed by atoms with Crippen molar-refractivity contribution in [2.75, 3.05) is 0 Å². The first-order valence-electron chi connectivity index (χ1n) is 23.1. The zero-order valence-electron chi connectivity index (χ0n) is 39.4. The van der Waals surface area contributed by atoms with Crippen molar-refractivity contribution in [1.82, 2.24) is 18.8 Å². The van der Waals surface area contributed by atoms with Gasteiger partial charge in [-0.3, -0.25) is 9.97 Å². The molecule has 12 aromatic rings. The van der Waals surface area contributed by atoms with Gasteiger partial charge in [0.15, 0.2) is 0 Å². The van der Waals surface area contributed by atoms with Crippen molar-refractivity contribution in [3.8, 4) is 56.0 Å². The largest absolute Gasteiger partial charge is 2.00 e. The summed E-state index contributed by atoms with van der Waals surface area (Å²) in [5.74, 6) is 1.17. The molecule has 0 atom stereocenters. The van der Waals surface area contributed by atoms with Gasteiger partial charge in [-0.25, -0.2) is 0 Å². The van der Waals surface area contributed by atoms with Gasteiger partial charge < -0.3 is 13.5 Å². The van der Waals surface area contributed by atoms with Gasteiger partial charge >= 0.3 is 21.1 Å². The van der Waals surface area contributed by atoms with Crippen molar-refractivity contribution in [3.05, 3.63) is 203 Å². The zero-order chi connectivity index (χ0) is 45.8. The maximum atomic E-state index is 6.84. The van der Waals surface area contributed by atoms with Crippen molar-refractivity contribution in [3.63, 3.8) is 0 Å². The number of aryl methyl sites for hydroxylation is 8. The normalized spacial score (nSPS) is 11.7. The van der Waals surface area contributed by atoms with Crippen LogP contribution in [0.2, 0.25) is 0 Å². The number of hydrogen-bond acceptors (Lipinski definition) is 3.